The zero-order valence-electron chi connectivity index (χ0n) is 10.4. The number of thioether (sulfide) groups is 1. The summed E-state index contributed by atoms with van der Waals surface area (Å²) in [4.78, 5) is 29.0. The van der Waals surface area contributed by atoms with E-state index in [2.05, 4.69) is 27.9 Å². The van der Waals surface area contributed by atoms with Gasteiger partial charge in [-0.3, -0.25) is 0 Å². The van der Waals surface area contributed by atoms with Crippen molar-refractivity contribution in [3.05, 3.63) is 39.0 Å². The van der Waals surface area contributed by atoms with Gasteiger partial charge in [-0.25, -0.2) is 0 Å². The quantitative estimate of drug-likeness (QED) is 0.181. The Bertz CT molecular complexity index is 803. The first-order valence-electron chi connectivity index (χ1n) is 5.89. The van der Waals surface area contributed by atoms with Gasteiger partial charge in [0.15, 0.2) is 0 Å². The second-order valence-electron chi connectivity index (χ2n) is 4.17. The van der Waals surface area contributed by atoms with Gasteiger partial charge >= 0.3 is 139 Å². The fourth-order valence-electron chi connectivity index (χ4n) is 2.12. The van der Waals surface area contributed by atoms with Crippen LogP contribution < -0.4 is 31.3 Å². The summed E-state index contributed by atoms with van der Waals surface area (Å²) in [6.45, 7) is 4.16. The number of aryl methyl sites for hydroxylation is 1. The van der Waals surface area contributed by atoms with Crippen molar-refractivity contribution < 1.29 is 26.0 Å². The van der Waals surface area contributed by atoms with Gasteiger partial charge in [0.2, 0.25) is 0 Å². The first-order valence-corrected chi connectivity index (χ1v) is 9.61. The molecular weight excluding hydrogens is 402 g/mol. The van der Waals surface area contributed by atoms with E-state index in [4.69, 9.17) is 0 Å². The first kappa shape index (κ1) is 14.3. The van der Waals surface area contributed by atoms with Crippen LogP contribution in [0.5, 0.6) is 0 Å². The van der Waals surface area contributed by atoms with Crippen LogP contribution in [-0.2, 0) is 11.3 Å². The third-order valence-corrected chi connectivity index (χ3v) is 7.08. The fourth-order valence-corrected chi connectivity index (χ4v) is 5.45. The summed E-state index contributed by atoms with van der Waals surface area (Å²) in [7, 11) is 0. The summed E-state index contributed by atoms with van der Waals surface area (Å²) < 4.78 is 3.44. The predicted octanol–water partition coefficient (Wildman–Crippen LogP) is -2.73. The number of rotatable bonds is 3. The number of halogens is 1. The van der Waals surface area contributed by atoms with Gasteiger partial charge in [-0.1, -0.05) is 0 Å². The summed E-state index contributed by atoms with van der Waals surface area (Å²) >= 11 is 3.49. The van der Waals surface area contributed by atoms with Crippen LogP contribution in [0.3, 0.4) is 0 Å². The van der Waals surface area contributed by atoms with Gasteiger partial charge in [0.05, 0.1) is 0 Å². The number of allylic oxidation sites excluding steroid dienone is 1. The molecular formula is C13H9AlIN2O2S-. The topological polar surface area (TPSA) is 52.0 Å². The molecule has 1 aliphatic heterocycles. The Labute approximate surface area is 138 Å². The molecule has 0 bridgehead atoms. The minimum atomic E-state index is -0.969. The number of carbonyl (C=O) groups excluding carboxylic acids is 1. The Balaban J connectivity index is 2.35. The Hall–Kier alpha value is -0.618. The van der Waals surface area contributed by atoms with Crippen LogP contribution in [-0.4, -0.2) is 35.4 Å². The Morgan fingerprint density at radius 3 is 3.10 bits per heavy atom. The van der Waals surface area contributed by atoms with Gasteiger partial charge in [-0.2, -0.15) is 0 Å². The average Bonchev–Trinajstić information content (AvgIpc) is 2.45. The van der Waals surface area contributed by atoms with E-state index in [0.717, 1.165) is 26.0 Å². The van der Waals surface area contributed by atoms with E-state index in [9.17, 15) is 9.59 Å². The van der Waals surface area contributed by atoms with E-state index in [-0.39, 0.29) is 9.48 Å². The zero-order valence-corrected chi connectivity index (χ0v) is 14.6. The van der Waals surface area contributed by atoms with E-state index in [1.807, 2.05) is 12.1 Å². The third kappa shape index (κ3) is 2.37. The van der Waals surface area contributed by atoms with E-state index in [1.165, 1.54) is 6.08 Å². The molecule has 0 amide bonds. The van der Waals surface area contributed by atoms with Crippen molar-refractivity contribution in [2.45, 2.75) is 11.4 Å². The van der Waals surface area contributed by atoms with Gasteiger partial charge in [-0.15, -0.1) is 0 Å². The predicted molar refractivity (Wildman–Crippen MR) is 76.0 cm³/mol. The maximum absolute atomic E-state index is 12.2. The van der Waals surface area contributed by atoms with Crippen molar-refractivity contribution >= 4 is 47.2 Å². The van der Waals surface area contributed by atoms with Crippen LogP contribution in [0.4, 0.5) is 0 Å². The Kier molecular flexibility index (Phi) is 4.04. The van der Waals surface area contributed by atoms with Crippen molar-refractivity contribution in [1.82, 2.24) is 9.55 Å². The molecule has 0 unspecified atom stereocenters. The molecule has 0 spiro atoms. The van der Waals surface area contributed by atoms with Crippen molar-refractivity contribution in [3.63, 3.8) is 0 Å². The molecule has 2 aromatic rings. The molecule has 2 heterocycles. The number of hydrogen-bond acceptors (Lipinski definition) is 4. The molecule has 1 aliphatic rings. The van der Waals surface area contributed by atoms with Crippen LogP contribution in [0.15, 0.2) is 34.5 Å². The number of carbonyl (C=O) groups is 1. The molecule has 0 N–H and O–H groups in total. The second kappa shape index (κ2) is 5.64. The number of hydrogen-bond donors (Lipinski definition) is 0. The van der Waals surface area contributed by atoms with Crippen molar-refractivity contribution in [1.29, 1.82) is 0 Å². The monoisotopic (exact) mass is 411 g/mol. The average molecular weight is 411 g/mol. The normalized spacial score (nSPS) is 13.6. The molecule has 0 aliphatic carbocycles. The fraction of sp³-hybridized carbons (Fsp3) is 0.154. The van der Waals surface area contributed by atoms with Crippen molar-refractivity contribution in [2.75, 3.05) is 5.75 Å². The number of benzene rings is 1. The zero-order chi connectivity index (χ0) is 14.3. The van der Waals surface area contributed by atoms with E-state index in [0.29, 0.717) is 10.2 Å². The van der Waals surface area contributed by atoms with Crippen LogP contribution in [0.2, 0.25) is 0 Å². The van der Waals surface area contributed by atoms with E-state index >= 15 is 0 Å². The van der Waals surface area contributed by atoms with Gasteiger partial charge in [0.1, 0.15) is 0 Å². The Morgan fingerprint density at radius 2 is 2.35 bits per heavy atom. The molecule has 0 saturated carbocycles. The van der Waals surface area contributed by atoms with Crippen LogP contribution >= 0.6 is 11.8 Å². The molecule has 0 fully saturated rings. The molecule has 7 heteroatoms. The number of aromatic nitrogens is 2. The van der Waals surface area contributed by atoms with E-state index < -0.39 is 21.2 Å². The first-order chi connectivity index (χ1) is 9.61. The molecule has 0 atom stereocenters. The summed E-state index contributed by atoms with van der Waals surface area (Å²) in [6, 6.07) is 3.96. The standard InChI is InChI=1S/C13H9IN2O2S.Al/c1-2-10(17)14-12-8-4-3-5-9-11(8)16(6-7-19-9)13(18)15-12;/h2-4H,1,6-7H2;/q-1;. The van der Waals surface area contributed by atoms with Crippen molar-refractivity contribution in [3.8, 4) is 0 Å². The molecule has 4 nitrogen and oxygen atoms in total. The minimum absolute atomic E-state index is 0.0176. The van der Waals surface area contributed by atoms with Gasteiger partial charge in [0.25, 0.3) is 0 Å². The summed E-state index contributed by atoms with van der Waals surface area (Å²) in [6.07, 6.45) is 1.32. The summed E-state index contributed by atoms with van der Waals surface area (Å²) in [5.74, 6) is 0.870. The molecule has 3 rings (SSSR count). The summed E-state index contributed by atoms with van der Waals surface area (Å²) in [5.41, 5.74) is 0.682. The van der Waals surface area contributed by atoms with Gasteiger partial charge in [0, 0.05) is 0 Å². The second-order valence-corrected chi connectivity index (χ2v) is 8.52. The molecule has 1 aromatic heterocycles. The third-order valence-electron chi connectivity index (χ3n) is 2.98. The van der Waals surface area contributed by atoms with Gasteiger partial charge in [-0.05, 0) is 0 Å². The van der Waals surface area contributed by atoms with Crippen LogP contribution in [0.1, 0.15) is 0 Å². The molecule has 2 radical (unpaired) electrons. The number of nitrogens with zero attached hydrogens (tertiary/aromatic N) is 2. The van der Waals surface area contributed by atoms with Crippen molar-refractivity contribution in [2.24, 2.45) is 0 Å². The SMILES string of the molecule is C=CC(=O)[I-]c1nc(=O)n2c3c([c]([Al])ccc13)SCC2. The molecule has 100 valence electrons. The van der Waals surface area contributed by atoms with Gasteiger partial charge < -0.3 is 0 Å². The molecule has 20 heavy (non-hydrogen) atoms. The van der Waals surface area contributed by atoms with E-state index in [1.54, 1.807) is 16.3 Å². The maximum atomic E-state index is 12.2. The van der Waals surface area contributed by atoms with Crippen LogP contribution in [0, 0.1) is 3.70 Å². The summed E-state index contributed by atoms with van der Waals surface area (Å²) in [5, 5.41) is 0.931. The molecule has 1 aromatic carbocycles. The van der Waals surface area contributed by atoms with Crippen LogP contribution in [0.25, 0.3) is 10.9 Å². The Morgan fingerprint density at radius 1 is 1.55 bits per heavy atom. The molecule has 0 saturated heterocycles.